The van der Waals surface area contributed by atoms with Crippen LogP contribution in [-0.4, -0.2) is 16.5 Å². The minimum atomic E-state index is -0.478. The molecule has 4 aromatic rings. The molecule has 158 valence electrons. The van der Waals surface area contributed by atoms with Crippen molar-refractivity contribution in [2.24, 2.45) is 0 Å². The normalized spacial score (nSPS) is 15.1. The summed E-state index contributed by atoms with van der Waals surface area (Å²) in [6.07, 6.45) is 1.77. The largest absolute Gasteiger partial charge is 0.340 e. The van der Waals surface area contributed by atoms with Gasteiger partial charge in [0.1, 0.15) is 5.70 Å². The average Bonchev–Trinajstić information content (AvgIpc) is 3.23. The number of para-hydroxylation sites is 1. The number of nitrogens with one attached hydrogen (secondary N) is 1. The lowest BCUT2D eigenvalue weighted by Gasteiger charge is -2.11. The predicted octanol–water partition coefficient (Wildman–Crippen LogP) is 5.75. The molecule has 0 radical (unpaired) electrons. The minimum Gasteiger partial charge on any atom is -0.340 e. The van der Waals surface area contributed by atoms with Crippen LogP contribution in [0.4, 0.5) is 10.5 Å². The summed E-state index contributed by atoms with van der Waals surface area (Å²) in [5.41, 5.74) is 4.92. The van der Waals surface area contributed by atoms with E-state index in [1.165, 1.54) is 5.56 Å². The van der Waals surface area contributed by atoms with Crippen LogP contribution in [0.25, 0.3) is 17.0 Å². The Morgan fingerprint density at radius 3 is 2.34 bits per heavy atom. The van der Waals surface area contributed by atoms with Crippen LogP contribution in [0, 0.1) is 6.92 Å². The lowest BCUT2D eigenvalue weighted by atomic mass is 10.1. The number of halogens is 1. The molecular weight excluding hydrogens is 422 g/mol. The first kappa shape index (κ1) is 20.1. The number of amides is 3. The number of hydrogen-bond donors (Lipinski definition) is 1. The van der Waals surface area contributed by atoms with Crippen molar-refractivity contribution in [3.63, 3.8) is 0 Å². The molecular formula is C26H20ClN3O2. The van der Waals surface area contributed by atoms with E-state index in [1.54, 1.807) is 30.3 Å². The van der Waals surface area contributed by atoms with Gasteiger partial charge in [0.25, 0.3) is 5.91 Å². The molecule has 6 heteroatoms. The number of hydrogen-bond acceptors (Lipinski definition) is 2. The summed E-state index contributed by atoms with van der Waals surface area (Å²) in [7, 11) is 0. The number of rotatable bonds is 4. The van der Waals surface area contributed by atoms with Gasteiger partial charge >= 0.3 is 6.03 Å². The zero-order chi connectivity index (χ0) is 22.2. The van der Waals surface area contributed by atoms with Gasteiger partial charge in [-0.25, -0.2) is 9.69 Å². The third-order valence-electron chi connectivity index (χ3n) is 5.71. The molecule has 0 bridgehead atoms. The minimum absolute atomic E-state index is 0.246. The standard InChI is InChI=1S/C26H20ClN3O2/c1-17-22(15-23-25(31)30(26(32)28-23)20-13-11-19(27)12-14-20)21-9-5-6-10-24(21)29(17)16-18-7-3-2-4-8-18/h2-15H,16H2,1H3,(H,28,32)/b23-15+. The maximum absolute atomic E-state index is 13.1. The van der Waals surface area contributed by atoms with E-state index in [4.69, 9.17) is 11.6 Å². The van der Waals surface area contributed by atoms with Crippen molar-refractivity contribution in [1.29, 1.82) is 0 Å². The van der Waals surface area contributed by atoms with Crippen molar-refractivity contribution in [3.8, 4) is 0 Å². The molecule has 1 aliphatic rings. The number of nitrogens with zero attached hydrogens (tertiary/aromatic N) is 2. The number of urea groups is 1. The summed E-state index contributed by atoms with van der Waals surface area (Å²) in [6, 6.07) is 24.5. The summed E-state index contributed by atoms with van der Waals surface area (Å²) in [6.45, 7) is 2.75. The van der Waals surface area contributed by atoms with Crippen molar-refractivity contribution in [2.75, 3.05) is 4.90 Å². The van der Waals surface area contributed by atoms with Crippen LogP contribution in [0.15, 0.2) is 84.6 Å². The Kier molecular flexibility index (Phi) is 5.04. The van der Waals surface area contributed by atoms with Gasteiger partial charge in [-0.15, -0.1) is 0 Å². The molecule has 5 nitrogen and oxygen atoms in total. The van der Waals surface area contributed by atoms with Gasteiger partial charge in [0, 0.05) is 33.7 Å². The fourth-order valence-electron chi connectivity index (χ4n) is 4.11. The number of anilines is 1. The van der Waals surface area contributed by atoms with E-state index in [9.17, 15) is 9.59 Å². The van der Waals surface area contributed by atoms with Crippen LogP contribution in [0.1, 0.15) is 16.8 Å². The molecule has 1 N–H and O–H groups in total. The third kappa shape index (κ3) is 3.47. The highest BCUT2D eigenvalue weighted by Crippen LogP contribution is 2.30. The lowest BCUT2D eigenvalue weighted by molar-refractivity contribution is -0.113. The fourth-order valence-corrected chi connectivity index (χ4v) is 4.24. The van der Waals surface area contributed by atoms with Gasteiger partial charge in [0.15, 0.2) is 0 Å². The second-order valence-corrected chi connectivity index (χ2v) is 8.13. The Labute approximate surface area is 190 Å². The van der Waals surface area contributed by atoms with E-state index >= 15 is 0 Å². The number of carbonyl (C=O) groups is 2. The molecule has 3 aromatic carbocycles. The first-order valence-electron chi connectivity index (χ1n) is 10.3. The number of fused-ring (bicyclic) bond motifs is 1. The molecule has 2 heterocycles. The summed E-state index contributed by atoms with van der Waals surface area (Å²) in [4.78, 5) is 26.8. The first-order valence-corrected chi connectivity index (χ1v) is 10.6. The number of carbonyl (C=O) groups excluding carboxylic acids is 2. The third-order valence-corrected chi connectivity index (χ3v) is 5.97. The highest BCUT2D eigenvalue weighted by atomic mass is 35.5. The molecule has 32 heavy (non-hydrogen) atoms. The van der Waals surface area contributed by atoms with Gasteiger partial charge in [-0.2, -0.15) is 0 Å². The quantitative estimate of drug-likeness (QED) is 0.324. The molecule has 0 saturated carbocycles. The topological polar surface area (TPSA) is 54.3 Å². The van der Waals surface area contributed by atoms with Crippen LogP contribution < -0.4 is 10.2 Å². The van der Waals surface area contributed by atoms with E-state index in [1.807, 2.05) is 43.3 Å². The molecule has 5 rings (SSSR count). The molecule has 0 spiro atoms. The molecule has 1 aromatic heterocycles. The first-order chi connectivity index (χ1) is 15.5. The van der Waals surface area contributed by atoms with Crippen LogP contribution in [0.2, 0.25) is 5.02 Å². The second-order valence-electron chi connectivity index (χ2n) is 7.69. The lowest BCUT2D eigenvalue weighted by Crippen LogP contribution is -2.30. The fraction of sp³-hybridized carbons (Fsp3) is 0.0769. The smallest absolute Gasteiger partial charge is 0.333 e. The Morgan fingerprint density at radius 2 is 1.59 bits per heavy atom. The number of imide groups is 1. The zero-order valence-electron chi connectivity index (χ0n) is 17.4. The van der Waals surface area contributed by atoms with Gasteiger partial charge in [0.05, 0.1) is 5.69 Å². The summed E-state index contributed by atoms with van der Waals surface area (Å²) >= 11 is 5.94. The van der Waals surface area contributed by atoms with Gasteiger partial charge in [-0.3, -0.25) is 4.79 Å². The van der Waals surface area contributed by atoms with Crippen LogP contribution in [0.3, 0.4) is 0 Å². The highest BCUT2D eigenvalue weighted by Gasteiger charge is 2.35. The van der Waals surface area contributed by atoms with E-state index < -0.39 is 11.9 Å². The molecule has 0 aliphatic carbocycles. The van der Waals surface area contributed by atoms with Crippen molar-refractivity contribution in [1.82, 2.24) is 9.88 Å². The number of benzene rings is 3. The zero-order valence-corrected chi connectivity index (χ0v) is 18.1. The van der Waals surface area contributed by atoms with Gasteiger partial charge in [-0.1, -0.05) is 60.1 Å². The summed E-state index contributed by atoms with van der Waals surface area (Å²) in [5, 5.41) is 4.29. The van der Waals surface area contributed by atoms with Gasteiger partial charge < -0.3 is 9.88 Å². The van der Waals surface area contributed by atoms with E-state index in [0.717, 1.165) is 27.1 Å². The maximum atomic E-state index is 13.1. The Hall–Kier alpha value is -3.83. The van der Waals surface area contributed by atoms with Gasteiger partial charge in [0.2, 0.25) is 0 Å². The monoisotopic (exact) mass is 441 g/mol. The highest BCUT2D eigenvalue weighted by molar-refractivity contribution is 6.31. The SMILES string of the molecule is Cc1c(/C=C2/NC(=O)N(c3ccc(Cl)cc3)C2=O)c2ccccc2n1Cc1ccccc1. The number of aromatic nitrogens is 1. The van der Waals surface area contributed by atoms with Gasteiger partial charge in [-0.05, 0) is 48.9 Å². The van der Waals surface area contributed by atoms with Crippen LogP contribution in [-0.2, 0) is 11.3 Å². The molecule has 1 aliphatic heterocycles. The summed E-state index contributed by atoms with van der Waals surface area (Å²) < 4.78 is 2.23. The molecule has 1 fully saturated rings. The van der Waals surface area contributed by atoms with Crippen molar-refractivity contribution >= 4 is 46.2 Å². The second kappa shape index (κ2) is 8.02. The summed E-state index contributed by atoms with van der Waals surface area (Å²) in [5.74, 6) is -0.392. The van der Waals surface area contributed by atoms with E-state index in [0.29, 0.717) is 17.3 Å². The van der Waals surface area contributed by atoms with E-state index in [-0.39, 0.29) is 5.70 Å². The van der Waals surface area contributed by atoms with Crippen molar-refractivity contribution < 1.29 is 9.59 Å². The van der Waals surface area contributed by atoms with Crippen LogP contribution >= 0.6 is 11.6 Å². The Balaban J connectivity index is 1.57. The predicted molar refractivity (Wildman–Crippen MR) is 128 cm³/mol. The van der Waals surface area contributed by atoms with Crippen molar-refractivity contribution in [3.05, 3.63) is 106 Å². The van der Waals surface area contributed by atoms with Crippen molar-refractivity contribution in [2.45, 2.75) is 13.5 Å². The molecule has 3 amide bonds. The molecule has 0 atom stereocenters. The van der Waals surface area contributed by atoms with Crippen LogP contribution in [0.5, 0.6) is 0 Å². The Bertz CT molecular complexity index is 1370. The molecule has 1 saturated heterocycles. The molecule has 0 unspecified atom stereocenters. The van der Waals surface area contributed by atoms with E-state index in [2.05, 4.69) is 28.1 Å². The average molecular weight is 442 g/mol. The maximum Gasteiger partial charge on any atom is 0.333 e. The Morgan fingerprint density at radius 1 is 0.906 bits per heavy atom.